The number of carbonyl (C=O) groups is 1. The number of rotatable bonds is 9. The average molecular weight is 565 g/mol. The minimum absolute atomic E-state index is 0.0429. The highest BCUT2D eigenvalue weighted by atomic mass is 16.6. The van der Waals surface area contributed by atoms with Crippen LogP contribution in [0.5, 0.6) is 11.5 Å². The van der Waals surface area contributed by atoms with Crippen LogP contribution >= 0.6 is 0 Å². The summed E-state index contributed by atoms with van der Waals surface area (Å²) in [5.74, 6) is 1.04. The van der Waals surface area contributed by atoms with E-state index in [9.17, 15) is 14.9 Å². The standard InChI is InChI=1S/C26H28N8O7/c1-38-22-15-18(5-6-21(22)41-23(35)19-3-2-4-20(16-19)34(36)37)17-27-31-24-28-25(32-7-11-39-12-8-32)30-26(29-24)33-9-13-40-14-10-33/h2-6,15-17H,7-14H2,1H3,(H,28,29,30,31)/b27-17-. The van der Waals surface area contributed by atoms with Gasteiger partial charge in [-0.2, -0.15) is 20.1 Å². The van der Waals surface area contributed by atoms with Crippen molar-refractivity contribution in [3.05, 3.63) is 63.7 Å². The molecule has 15 nitrogen and oxygen atoms in total. The second-order valence-corrected chi connectivity index (χ2v) is 8.94. The Balaban J connectivity index is 1.30. The molecule has 5 rings (SSSR count). The molecule has 0 atom stereocenters. The third kappa shape index (κ3) is 7.01. The van der Waals surface area contributed by atoms with E-state index < -0.39 is 10.9 Å². The molecule has 0 unspecified atom stereocenters. The number of ether oxygens (including phenoxy) is 4. The molecule has 0 radical (unpaired) electrons. The number of benzene rings is 2. The first-order valence-electron chi connectivity index (χ1n) is 12.9. The highest BCUT2D eigenvalue weighted by Gasteiger charge is 2.21. The van der Waals surface area contributed by atoms with E-state index in [1.807, 2.05) is 9.80 Å². The van der Waals surface area contributed by atoms with Crippen molar-refractivity contribution in [2.45, 2.75) is 0 Å². The normalized spacial score (nSPS) is 15.5. The fourth-order valence-electron chi connectivity index (χ4n) is 4.13. The maximum absolute atomic E-state index is 12.6. The molecule has 0 amide bonds. The molecule has 1 N–H and O–H groups in total. The highest BCUT2D eigenvalue weighted by molar-refractivity contribution is 5.92. The Morgan fingerprint density at radius 2 is 1.63 bits per heavy atom. The number of aromatic nitrogens is 3. The van der Waals surface area contributed by atoms with Crippen LogP contribution in [0.2, 0.25) is 0 Å². The second-order valence-electron chi connectivity index (χ2n) is 8.94. The third-order valence-corrected chi connectivity index (χ3v) is 6.26. The summed E-state index contributed by atoms with van der Waals surface area (Å²) in [7, 11) is 1.43. The van der Waals surface area contributed by atoms with Crippen LogP contribution in [0.1, 0.15) is 15.9 Å². The van der Waals surface area contributed by atoms with Crippen molar-refractivity contribution < 1.29 is 28.7 Å². The minimum Gasteiger partial charge on any atom is -0.493 e. The Bertz CT molecular complexity index is 1390. The molecular weight excluding hydrogens is 536 g/mol. The Hall–Kier alpha value is -4.89. The number of methoxy groups -OCH3 is 1. The Morgan fingerprint density at radius 3 is 2.24 bits per heavy atom. The minimum atomic E-state index is -0.753. The lowest BCUT2D eigenvalue weighted by Crippen LogP contribution is -2.40. The predicted molar refractivity (Wildman–Crippen MR) is 148 cm³/mol. The van der Waals surface area contributed by atoms with Crippen molar-refractivity contribution in [3.8, 4) is 11.5 Å². The number of nitrogens with zero attached hydrogens (tertiary/aromatic N) is 7. The van der Waals surface area contributed by atoms with Gasteiger partial charge in [0.2, 0.25) is 17.8 Å². The Kier molecular flexibility index (Phi) is 8.76. The summed E-state index contributed by atoms with van der Waals surface area (Å²) < 4.78 is 21.7. The van der Waals surface area contributed by atoms with Crippen LogP contribution in [-0.4, -0.2) is 91.8 Å². The molecule has 2 aliphatic rings. The first kappa shape index (κ1) is 27.7. The fraction of sp³-hybridized carbons (Fsp3) is 0.346. The van der Waals surface area contributed by atoms with Gasteiger partial charge in [0.15, 0.2) is 11.5 Å². The average Bonchev–Trinajstić information content (AvgIpc) is 3.02. The summed E-state index contributed by atoms with van der Waals surface area (Å²) in [4.78, 5) is 40.9. The lowest BCUT2D eigenvalue weighted by atomic mass is 10.2. The van der Waals surface area contributed by atoms with Crippen LogP contribution < -0.4 is 24.7 Å². The van der Waals surface area contributed by atoms with Gasteiger partial charge in [-0.15, -0.1) is 0 Å². The van der Waals surface area contributed by atoms with E-state index in [1.54, 1.807) is 24.4 Å². The molecule has 15 heteroatoms. The molecule has 41 heavy (non-hydrogen) atoms. The molecule has 0 saturated carbocycles. The van der Waals surface area contributed by atoms with Crippen LogP contribution in [0.15, 0.2) is 47.6 Å². The topological polar surface area (TPSA) is 167 Å². The number of non-ortho nitro benzene ring substituents is 1. The third-order valence-electron chi connectivity index (χ3n) is 6.26. The molecule has 0 spiro atoms. The number of carbonyl (C=O) groups excluding carboxylic acids is 1. The number of esters is 1. The van der Waals surface area contributed by atoms with Gasteiger partial charge in [-0.05, 0) is 29.8 Å². The molecule has 2 fully saturated rings. The summed E-state index contributed by atoms with van der Waals surface area (Å²) in [6, 6.07) is 10.2. The number of hydrogen-bond acceptors (Lipinski definition) is 14. The smallest absolute Gasteiger partial charge is 0.343 e. The zero-order chi connectivity index (χ0) is 28.6. The Morgan fingerprint density at radius 1 is 0.976 bits per heavy atom. The van der Waals surface area contributed by atoms with Crippen molar-refractivity contribution in [3.63, 3.8) is 0 Å². The molecule has 0 aliphatic carbocycles. The summed E-state index contributed by atoms with van der Waals surface area (Å²) in [5, 5.41) is 15.3. The molecule has 214 valence electrons. The van der Waals surface area contributed by atoms with Gasteiger partial charge < -0.3 is 28.7 Å². The SMILES string of the molecule is COc1cc(/C=N\Nc2nc(N3CCOCC3)nc(N3CCOCC3)n2)ccc1OC(=O)c1cccc([N+](=O)[O-])c1. The van der Waals surface area contributed by atoms with Crippen molar-refractivity contribution >= 4 is 35.7 Å². The predicted octanol–water partition coefficient (Wildman–Crippen LogP) is 2.13. The lowest BCUT2D eigenvalue weighted by molar-refractivity contribution is -0.384. The van der Waals surface area contributed by atoms with Crippen LogP contribution in [0.25, 0.3) is 0 Å². The van der Waals surface area contributed by atoms with Crippen molar-refractivity contribution in [2.24, 2.45) is 5.10 Å². The first-order chi connectivity index (χ1) is 20.0. The summed E-state index contributed by atoms with van der Waals surface area (Å²) >= 11 is 0. The van der Waals surface area contributed by atoms with Gasteiger partial charge in [-0.3, -0.25) is 10.1 Å². The first-order valence-corrected chi connectivity index (χ1v) is 12.9. The van der Waals surface area contributed by atoms with Crippen LogP contribution in [0, 0.1) is 10.1 Å². The molecular formula is C26H28N8O7. The van der Waals surface area contributed by atoms with Gasteiger partial charge in [0.1, 0.15) is 0 Å². The van der Waals surface area contributed by atoms with E-state index in [2.05, 4.69) is 25.5 Å². The second kappa shape index (κ2) is 13.0. The number of hydrazone groups is 1. The number of hydrogen-bond donors (Lipinski definition) is 1. The zero-order valence-electron chi connectivity index (χ0n) is 22.3. The van der Waals surface area contributed by atoms with Crippen molar-refractivity contribution in [1.29, 1.82) is 0 Å². The maximum Gasteiger partial charge on any atom is 0.343 e. The largest absolute Gasteiger partial charge is 0.493 e. The molecule has 0 bridgehead atoms. The van der Waals surface area contributed by atoms with Gasteiger partial charge >= 0.3 is 5.97 Å². The highest BCUT2D eigenvalue weighted by Crippen LogP contribution is 2.29. The van der Waals surface area contributed by atoms with Crippen molar-refractivity contribution in [1.82, 2.24) is 15.0 Å². The number of anilines is 3. The van der Waals surface area contributed by atoms with Crippen LogP contribution in [-0.2, 0) is 9.47 Å². The quantitative estimate of drug-likeness (QED) is 0.132. The fourth-order valence-corrected chi connectivity index (χ4v) is 4.13. The lowest BCUT2D eigenvalue weighted by Gasteiger charge is -2.30. The van der Waals surface area contributed by atoms with E-state index >= 15 is 0 Å². The zero-order valence-corrected chi connectivity index (χ0v) is 22.3. The van der Waals surface area contributed by atoms with Gasteiger partial charge in [-0.1, -0.05) is 6.07 Å². The van der Waals surface area contributed by atoms with E-state index in [4.69, 9.17) is 18.9 Å². The monoisotopic (exact) mass is 564 g/mol. The molecule has 1 aromatic heterocycles. The van der Waals surface area contributed by atoms with E-state index in [-0.39, 0.29) is 28.7 Å². The number of nitrogens with one attached hydrogen (secondary N) is 1. The van der Waals surface area contributed by atoms with Crippen LogP contribution in [0.3, 0.4) is 0 Å². The molecule has 3 heterocycles. The van der Waals surface area contributed by atoms with Gasteiger partial charge in [0.05, 0.1) is 50.2 Å². The van der Waals surface area contributed by atoms with Crippen molar-refractivity contribution in [2.75, 3.05) is 74.9 Å². The molecule has 2 saturated heterocycles. The Labute approximate surface area is 234 Å². The van der Waals surface area contributed by atoms with Crippen LogP contribution in [0.4, 0.5) is 23.5 Å². The van der Waals surface area contributed by atoms with Gasteiger partial charge in [-0.25, -0.2) is 10.2 Å². The summed E-state index contributed by atoms with van der Waals surface area (Å²) in [6.45, 7) is 5.08. The number of nitro benzene ring substituents is 1. The molecule has 2 aliphatic heterocycles. The molecule has 3 aromatic rings. The van der Waals surface area contributed by atoms with Gasteiger partial charge in [0, 0.05) is 38.3 Å². The molecule has 2 aromatic carbocycles. The summed E-state index contributed by atoms with van der Waals surface area (Å²) in [5.41, 5.74) is 3.35. The van der Waals surface area contributed by atoms with E-state index in [1.165, 1.54) is 25.3 Å². The number of nitro groups is 1. The van der Waals surface area contributed by atoms with E-state index in [0.717, 1.165) is 6.07 Å². The maximum atomic E-state index is 12.6. The van der Waals surface area contributed by atoms with E-state index in [0.29, 0.717) is 70.1 Å². The number of morpholine rings is 2. The van der Waals surface area contributed by atoms with Gasteiger partial charge in [0.25, 0.3) is 5.69 Å². The summed E-state index contributed by atoms with van der Waals surface area (Å²) in [6.07, 6.45) is 1.54.